The van der Waals surface area contributed by atoms with Gasteiger partial charge in [-0.3, -0.25) is 14.5 Å². The van der Waals surface area contributed by atoms with E-state index < -0.39 is 0 Å². The Kier molecular flexibility index (Phi) is 4.78. The first-order valence-electron chi connectivity index (χ1n) is 9.02. The van der Waals surface area contributed by atoms with Crippen LogP contribution < -0.4 is 5.73 Å². The molecule has 2 aliphatic rings. The van der Waals surface area contributed by atoms with Gasteiger partial charge in [0.1, 0.15) is 0 Å². The van der Waals surface area contributed by atoms with Crippen molar-refractivity contribution >= 4 is 23.2 Å². The van der Waals surface area contributed by atoms with Crippen LogP contribution in [0.3, 0.4) is 0 Å². The van der Waals surface area contributed by atoms with Crippen LogP contribution in [0.2, 0.25) is 0 Å². The molecule has 4 rings (SSSR count). The number of amides is 2. The molecule has 3 atom stereocenters. The Labute approximate surface area is 157 Å². The zero-order valence-corrected chi connectivity index (χ0v) is 15.4. The van der Waals surface area contributed by atoms with Crippen molar-refractivity contribution in [2.45, 2.75) is 12.5 Å². The van der Waals surface area contributed by atoms with Gasteiger partial charge in [-0.2, -0.15) is 0 Å². The zero-order chi connectivity index (χ0) is 18.1. The summed E-state index contributed by atoms with van der Waals surface area (Å²) in [6.07, 6.45) is 0.335. The van der Waals surface area contributed by atoms with Gasteiger partial charge < -0.3 is 10.6 Å². The molecule has 136 valence electrons. The molecule has 2 aromatic rings. The molecule has 6 heteroatoms. The fraction of sp³-hybridized carbons (Fsp3) is 0.400. The topological polar surface area (TPSA) is 66.6 Å². The lowest BCUT2D eigenvalue weighted by Crippen LogP contribution is -2.35. The number of primary amides is 1. The first kappa shape index (κ1) is 17.2. The summed E-state index contributed by atoms with van der Waals surface area (Å²) in [4.78, 5) is 29.4. The molecule has 0 radical (unpaired) electrons. The van der Waals surface area contributed by atoms with Gasteiger partial charge in [0.2, 0.25) is 5.91 Å². The van der Waals surface area contributed by atoms with Crippen LogP contribution in [0.1, 0.15) is 27.7 Å². The molecule has 0 spiro atoms. The van der Waals surface area contributed by atoms with E-state index in [-0.39, 0.29) is 17.9 Å². The summed E-state index contributed by atoms with van der Waals surface area (Å²) in [5.74, 6) is 0.819. The highest BCUT2D eigenvalue weighted by molar-refractivity contribution is 7.12. The lowest BCUT2D eigenvalue weighted by atomic mass is 10.0. The molecule has 2 aliphatic heterocycles. The van der Waals surface area contributed by atoms with Gasteiger partial charge in [0.25, 0.3) is 5.91 Å². The number of benzene rings is 1. The average Bonchev–Trinajstić information content (AvgIpc) is 3.35. The SMILES string of the molecule is NC(=O)C[C@@H](c1ccccc1)N1CC2CN(C(=O)c3cccs3)CC2C1. The number of likely N-dealkylation sites (tertiary alicyclic amines) is 2. The highest BCUT2D eigenvalue weighted by Crippen LogP contribution is 2.37. The first-order valence-corrected chi connectivity index (χ1v) is 9.90. The molecule has 2 amide bonds. The second kappa shape index (κ2) is 7.21. The van der Waals surface area contributed by atoms with Gasteiger partial charge in [0, 0.05) is 38.6 Å². The Morgan fingerprint density at radius 1 is 1.04 bits per heavy atom. The van der Waals surface area contributed by atoms with Gasteiger partial charge in [0.15, 0.2) is 0 Å². The van der Waals surface area contributed by atoms with Crippen molar-refractivity contribution in [3.63, 3.8) is 0 Å². The summed E-state index contributed by atoms with van der Waals surface area (Å²) in [5.41, 5.74) is 6.65. The third-order valence-electron chi connectivity index (χ3n) is 5.55. The molecule has 1 aromatic heterocycles. The van der Waals surface area contributed by atoms with Gasteiger partial charge in [-0.25, -0.2) is 0 Å². The molecule has 2 fully saturated rings. The van der Waals surface area contributed by atoms with Crippen molar-refractivity contribution < 1.29 is 9.59 Å². The van der Waals surface area contributed by atoms with E-state index in [2.05, 4.69) is 17.0 Å². The Balaban J connectivity index is 1.44. The van der Waals surface area contributed by atoms with Gasteiger partial charge in [-0.05, 0) is 28.8 Å². The van der Waals surface area contributed by atoms with Crippen LogP contribution in [0.5, 0.6) is 0 Å². The number of hydrogen-bond acceptors (Lipinski definition) is 4. The first-order chi connectivity index (χ1) is 12.6. The summed E-state index contributed by atoms with van der Waals surface area (Å²) in [7, 11) is 0. The maximum absolute atomic E-state index is 12.6. The number of nitrogens with two attached hydrogens (primary N) is 1. The second-order valence-electron chi connectivity index (χ2n) is 7.26. The zero-order valence-electron chi connectivity index (χ0n) is 14.6. The third kappa shape index (κ3) is 3.39. The number of rotatable bonds is 5. The Morgan fingerprint density at radius 2 is 1.73 bits per heavy atom. The largest absolute Gasteiger partial charge is 0.370 e. The maximum Gasteiger partial charge on any atom is 0.263 e. The fourth-order valence-electron chi connectivity index (χ4n) is 4.33. The number of carbonyl (C=O) groups is 2. The van der Waals surface area contributed by atoms with Gasteiger partial charge in [0.05, 0.1) is 4.88 Å². The lowest BCUT2D eigenvalue weighted by Gasteiger charge is -2.29. The number of carbonyl (C=O) groups excluding carboxylic acids is 2. The summed E-state index contributed by atoms with van der Waals surface area (Å²) in [5, 5.41) is 1.94. The van der Waals surface area contributed by atoms with Crippen molar-refractivity contribution in [2.75, 3.05) is 26.2 Å². The van der Waals surface area contributed by atoms with Gasteiger partial charge in [-0.15, -0.1) is 11.3 Å². The van der Waals surface area contributed by atoms with Crippen molar-refractivity contribution in [1.29, 1.82) is 0 Å². The molecule has 5 nitrogen and oxygen atoms in total. The van der Waals surface area contributed by atoms with Crippen molar-refractivity contribution in [3.8, 4) is 0 Å². The molecule has 0 aliphatic carbocycles. The standard InChI is InChI=1S/C20H23N3O2S/c21-19(24)9-17(14-5-2-1-3-6-14)22-10-15-12-23(13-16(15)11-22)20(25)18-7-4-8-26-18/h1-8,15-17H,9-13H2,(H2,21,24)/t15?,16?,17-/m0/s1. The summed E-state index contributed by atoms with van der Waals surface area (Å²) in [6.45, 7) is 3.42. The van der Waals surface area contributed by atoms with E-state index in [0.717, 1.165) is 36.6 Å². The minimum Gasteiger partial charge on any atom is -0.370 e. The number of thiophene rings is 1. The lowest BCUT2D eigenvalue weighted by molar-refractivity contribution is -0.119. The van der Waals surface area contributed by atoms with E-state index in [1.165, 1.54) is 11.3 Å². The van der Waals surface area contributed by atoms with E-state index in [1.807, 2.05) is 40.6 Å². The average molecular weight is 369 g/mol. The molecule has 26 heavy (non-hydrogen) atoms. The normalized spacial score (nSPS) is 23.8. The second-order valence-corrected chi connectivity index (χ2v) is 8.21. The van der Waals surface area contributed by atoms with Gasteiger partial charge in [-0.1, -0.05) is 36.4 Å². The molecule has 2 saturated heterocycles. The van der Waals surface area contributed by atoms with E-state index in [0.29, 0.717) is 18.3 Å². The Bertz CT molecular complexity index is 764. The van der Waals surface area contributed by atoms with Crippen LogP contribution in [0.15, 0.2) is 47.8 Å². The van der Waals surface area contributed by atoms with Crippen molar-refractivity contribution in [1.82, 2.24) is 9.80 Å². The minimum absolute atomic E-state index is 0.0285. The predicted molar refractivity (Wildman–Crippen MR) is 102 cm³/mol. The van der Waals surface area contributed by atoms with E-state index >= 15 is 0 Å². The molecule has 2 unspecified atom stereocenters. The van der Waals surface area contributed by atoms with Crippen LogP contribution in [0.4, 0.5) is 0 Å². The van der Waals surface area contributed by atoms with Gasteiger partial charge >= 0.3 is 0 Å². The molecule has 0 saturated carbocycles. The Morgan fingerprint density at radius 3 is 2.31 bits per heavy atom. The monoisotopic (exact) mass is 369 g/mol. The summed E-state index contributed by atoms with van der Waals surface area (Å²) in [6, 6.07) is 14.0. The minimum atomic E-state index is -0.273. The van der Waals surface area contributed by atoms with E-state index in [4.69, 9.17) is 5.73 Å². The summed E-state index contributed by atoms with van der Waals surface area (Å²) >= 11 is 1.50. The molecule has 2 N–H and O–H groups in total. The van der Waals surface area contributed by atoms with E-state index in [1.54, 1.807) is 0 Å². The fourth-order valence-corrected chi connectivity index (χ4v) is 5.02. The smallest absolute Gasteiger partial charge is 0.263 e. The maximum atomic E-state index is 12.6. The molecule has 3 heterocycles. The number of fused-ring (bicyclic) bond motifs is 1. The molecule has 0 bridgehead atoms. The Hall–Kier alpha value is -2.18. The quantitative estimate of drug-likeness (QED) is 0.880. The van der Waals surface area contributed by atoms with Crippen molar-refractivity contribution in [2.24, 2.45) is 17.6 Å². The van der Waals surface area contributed by atoms with Crippen LogP contribution >= 0.6 is 11.3 Å². The number of hydrogen-bond donors (Lipinski definition) is 1. The molecule has 1 aromatic carbocycles. The highest BCUT2D eigenvalue weighted by atomic mass is 32.1. The van der Waals surface area contributed by atoms with Crippen molar-refractivity contribution in [3.05, 3.63) is 58.3 Å². The summed E-state index contributed by atoms with van der Waals surface area (Å²) < 4.78 is 0. The highest BCUT2D eigenvalue weighted by Gasteiger charge is 2.43. The van der Waals surface area contributed by atoms with Crippen LogP contribution in [-0.4, -0.2) is 47.8 Å². The third-order valence-corrected chi connectivity index (χ3v) is 6.41. The van der Waals surface area contributed by atoms with Crippen LogP contribution in [0, 0.1) is 11.8 Å². The number of nitrogens with zero attached hydrogens (tertiary/aromatic N) is 2. The van der Waals surface area contributed by atoms with Crippen LogP contribution in [0.25, 0.3) is 0 Å². The van der Waals surface area contributed by atoms with Crippen LogP contribution in [-0.2, 0) is 4.79 Å². The molecular formula is C20H23N3O2S. The molecular weight excluding hydrogens is 346 g/mol. The predicted octanol–water partition coefficient (Wildman–Crippen LogP) is 2.37. The van der Waals surface area contributed by atoms with E-state index in [9.17, 15) is 9.59 Å².